The maximum absolute atomic E-state index is 12.8. The molecule has 2 amide bonds. The van der Waals surface area contributed by atoms with Crippen molar-refractivity contribution in [1.29, 1.82) is 0 Å². The van der Waals surface area contributed by atoms with E-state index in [-0.39, 0.29) is 48.0 Å². The maximum atomic E-state index is 12.8. The Hall–Kier alpha value is -2.67. The second-order valence-corrected chi connectivity index (χ2v) is 11.2. The topological polar surface area (TPSA) is 92.3 Å². The zero-order valence-electron chi connectivity index (χ0n) is 19.9. The van der Waals surface area contributed by atoms with Crippen molar-refractivity contribution >= 4 is 33.0 Å². The number of benzene rings is 2. The van der Waals surface area contributed by atoms with Crippen LogP contribution in [0.5, 0.6) is 0 Å². The van der Waals surface area contributed by atoms with Gasteiger partial charge in [0.2, 0.25) is 11.8 Å². The Morgan fingerprint density at radius 1 is 0.788 bits per heavy atom. The molecule has 178 valence electrons. The van der Waals surface area contributed by atoms with Gasteiger partial charge in [0.05, 0.1) is 11.5 Å². The number of amides is 2. The van der Waals surface area contributed by atoms with E-state index in [0.717, 1.165) is 46.5 Å². The fourth-order valence-corrected chi connectivity index (χ4v) is 6.93. The third-order valence-corrected chi connectivity index (χ3v) is 8.38. The average Bonchev–Trinajstić information content (AvgIpc) is 3.03. The molecular formula is C26H34N2O4S. The lowest BCUT2D eigenvalue weighted by molar-refractivity contribution is -0.119. The minimum atomic E-state index is -3.28. The van der Waals surface area contributed by atoms with Crippen LogP contribution in [-0.4, -0.2) is 31.7 Å². The molecule has 1 aliphatic heterocycles. The van der Waals surface area contributed by atoms with Gasteiger partial charge in [-0.3, -0.25) is 9.59 Å². The van der Waals surface area contributed by atoms with Crippen molar-refractivity contribution in [1.82, 2.24) is 0 Å². The first-order valence-electron chi connectivity index (χ1n) is 11.6. The Kier molecular flexibility index (Phi) is 7.95. The van der Waals surface area contributed by atoms with Crippen molar-refractivity contribution in [3.8, 4) is 0 Å². The number of para-hydroxylation sites is 2. The predicted octanol–water partition coefficient (Wildman–Crippen LogP) is 4.45. The summed E-state index contributed by atoms with van der Waals surface area (Å²) in [4.78, 5) is 25.7. The van der Waals surface area contributed by atoms with E-state index in [4.69, 9.17) is 0 Å². The first-order valence-corrected chi connectivity index (χ1v) is 13.4. The fraction of sp³-hybridized carbons (Fsp3) is 0.462. The van der Waals surface area contributed by atoms with Gasteiger partial charge in [-0.05, 0) is 60.8 Å². The van der Waals surface area contributed by atoms with Gasteiger partial charge in [-0.25, -0.2) is 8.42 Å². The molecule has 2 aromatic rings. The van der Waals surface area contributed by atoms with Crippen molar-refractivity contribution in [3.63, 3.8) is 0 Å². The highest BCUT2D eigenvalue weighted by Crippen LogP contribution is 2.32. The van der Waals surface area contributed by atoms with E-state index in [2.05, 4.69) is 10.6 Å². The summed E-state index contributed by atoms with van der Waals surface area (Å²) in [5.74, 6) is -1.29. The number of aryl methyl sites for hydroxylation is 4. The number of hydrogen-bond acceptors (Lipinski definition) is 4. The summed E-state index contributed by atoms with van der Waals surface area (Å²) in [5, 5.41) is 5.97. The van der Waals surface area contributed by atoms with Crippen molar-refractivity contribution in [2.45, 2.75) is 53.4 Å². The molecule has 2 N–H and O–H groups in total. The molecule has 33 heavy (non-hydrogen) atoms. The quantitative estimate of drug-likeness (QED) is 0.596. The number of anilines is 2. The molecule has 0 saturated carbocycles. The zero-order chi connectivity index (χ0) is 24.2. The monoisotopic (exact) mass is 470 g/mol. The van der Waals surface area contributed by atoms with E-state index in [9.17, 15) is 18.0 Å². The smallest absolute Gasteiger partial charge is 0.224 e. The van der Waals surface area contributed by atoms with Gasteiger partial charge < -0.3 is 10.6 Å². The Labute approximate surface area is 197 Å². The van der Waals surface area contributed by atoms with Crippen LogP contribution in [0.25, 0.3) is 0 Å². The highest BCUT2D eigenvalue weighted by Gasteiger charge is 2.39. The summed E-state index contributed by atoms with van der Waals surface area (Å²) in [5.41, 5.74) is 5.63. The van der Waals surface area contributed by atoms with Crippen molar-refractivity contribution in [2.75, 3.05) is 22.1 Å². The first-order chi connectivity index (χ1) is 15.6. The number of carbonyl (C=O) groups is 2. The molecule has 6 nitrogen and oxygen atoms in total. The van der Waals surface area contributed by atoms with Crippen LogP contribution in [0.15, 0.2) is 36.4 Å². The lowest BCUT2D eigenvalue weighted by Crippen LogP contribution is -2.26. The van der Waals surface area contributed by atoms with Gasteiger partial charge in [-0.1, -0.05) is 50.2 Å². The second kappa shape index (κ2) is 10.5. The minimum Gasteiger partial charge on any atom is -0.326 e. The van der Waals surface area contributed by atoms with E-state index in [1.165, 1.54) is 0 Å². The molecule has 0 bridgehead atoms. The fourth-order valence-electron chi connectivity index (χ4n) is 4.70. The Morgan fingerprint density at radius 3 is 1.55 bits per heavy atom. The number of sulfone groups is 1. The average molecular weight is 471 g/mol. The standard InChI is InChI=1S/C26H34N2O4S/c1-5-19-11-7-9-17(3)25(19)27-23(29)13-21-15-33(31,32)16-22(21)14-24(30)28-26-18(4)10-8-12-20(26)6-2/h7-12,21-22H,5-6,13-16H2,1-4H3,(H,27,29)(H,28,30)/t21-,22-/m0/s1. The molecule has 2 atom stereocenters. The number of nitrogens with one attached hydrogen (secondary N) is 2. The lowest BCUT2D eigenvalue weighted by Gasteiger charge is -2.19. The summed E-state index contributed by atoms with van der Waals surface area (Å²) in [6.45, 7) is 7.94. The van der Waals surface area contributed by atoms with Crippen molar-refractivity contribution in [2.24, 2.45) is 11.8 Å². The van der Waals surface area contributed by atoms with Crippen LogP contribution in [0, 0.1) is 25.7 Å². The molecular weight excluding hydrogens is 436 g/mol. The number of carbonyl (C=O) groups excluding carboxylic acids is 2. The SMILES string of the molecule is CCc1cccc(C)c1NC(=O)C[C@H]1CS(=O)(=O)C[C@@H]1CC(=O)Nc1c(C)cccc1CC. The molecule has 0 spiro atoms. The third-order valence-electron chi connectivity index (χ3n) is 6.51. The third kappa shape index (κ3) is 6.22. The number of hydrogen-bond donors (Lipinski definition) is 2. The van der Waals surface area contributed by atoms with E-state index in [1.54, 1.807) is 0 Å². The van der Waals surface area contributed by atoms with Crippen LogP contribution in [0.3, 0.4) is 0 Å². The molecule has 2 aromatic carbocycles. The lowest BCUT2D eigenvalue weighted by atomic mass is 9.89. The van der Waals surface area contributed by atoms with Gasteiger partial charge in [0.25, 0.3) is 0 Å². The molecule has 7 heteroatoms. The Bertz CT molecular complexity index is 1060. The van der Waals surface area contributed by atoms with Crippen molar-refractivity contribution < 1.29 is 18.0 Å². The molecule has 1 aliphatic rings. The van der Waals surface area contributed by atoms with E-state index in [1.807, 2.05) is 64.1 Å². The van der Waals surface area contributed by atoms with Crippen LogP contribution in [-0.2, 0) is 32.3 Å². The molecule has 3 rings (SSSR count). The number of rotatable bonds is 8. The minimum absolute atomic E-state index is 0.0582. The normalized spacial score (nSPS) is 19.3. The summed E-state index contributed by atoms with van der Waals surface area (Å²) in [7, 11) is -3.28. The van der Waals surface area contributed by atoms with Crippen LogP contribution < -0.4 is 10.6 Å². The molecule has 1 fully saturated rings. The summed E-state index contributed by atoms with van der Waals surface area (Å²) in [6, 6.07) is 11.8. The van der Waals surface area contributed by atoms with Gasteiger partial charge in [0.1, 0.15) is 0 Å². The van der Waals surface area contributed by atoms with E-state index < -0.39 is 9.84 Å². The summed E-state index contributed by atoms with van der Waals surface area (Å²) in [6.07, 6.45) is 1.74. The molecule has 1 heterocycles. The van der Waals surface area contributed by atoms with Crippen molar-refractivity contribution in [3.05, 3.63) is 58.7 Å². The maximum Gasteiger partial charge on any atom is 0.224 e. The molecule has 0 aromatic heterocycles. The summed E-state index contributed by atoms with van der Waals surface area (Å²) < 4.78 is 24.8. The molecule has 0 aliphatic carbocycles. The van der Waals surface area contributed by atoms with E-state index >= 15 is 0 Å². The summed E-state index contributed by atoms with van der Waals surface area (Å²) >= 11 is 0. The van der Waals surface area contributed by atoms with Gasteiger partial charge in [0.15, 0.2) is 9.84 Å². The Morgan fingerprint density at radius 2 is 1.18 bits per heavy atom. The van der Waals surface area contributed by atoms with Gasteiger partial charge in [-0.2, -0.15) is 0 Å². The largest absolute Gasteiger partial charge is 0.326 e. The van der Waals surface area contributed by atoms with Crippen LogP contribution in [0.2, 0.25) is 0 Å². The van der Waals surface area contributed by atoms with Gasteiger partial charge >= 0.3 is 0 Å². The highest BCUT2D eigenvalue weighted by molar-refractivity contribution is 7.91. The highest BCUT2D eigenvalue weighted by atomic mass is 32.2. The zero-order valence-corrected chi connectivity index (χ0v) is 20.7. The molecule has 0 radical (unpaired) electrons. The van der Waals surface area contributed by atoms with Crippen LogP contribution >= 0.6 is 0 Å². The van der Waals surface area contributed by atoms with Crippen LogP contribution in [0.4, 0.5) is 11.4 Å². The molecule has 0 unspecified atom stereocenters. The molecule has 1 saturated heterocycles. The predicted molar refractivity (Wildman–Crippen MR) is 133 cm³/mol. The van der Waals surface area contributed by atoms with Gasteiger partial charge in [-0.15, -0.1) is 0 Å². The van der Waals surface area contributed by atoms with Crippen LogP contribution in [0.1, 0.15) is 48.9 Å². The van der Waals surface area contributed by atoms with E-state index in [0.29, 0.717) is 0 Å². The second-order valence-electron chi connectivity index (χ2n) is 9.03. The Balaban J connectivity index is 1.70. The van der Waals surface area contributed by atoms with Gasteiger partial charge in [0, 0.05) is 24.2 Å². The first kappa shape index (κ1) is 25.0.